The molecule has 0 heterocycles. The summed E-state index contributed by atoms with van der Waals surface area (Å²) in [6.45, 7) is 7.63. The molecule has 0 atom stereocenters. The molecule has 0 radical (unpaired) electrons. The smallest absolute Gasteiger partial charge is 0.348 e. The normalized spacial score (nSPS) is 11.2. The molecule has 0 aliphatic heterocycles. The monoisotopic (exact) mass is 259 g/mol. The van der Waals surface area contributed by atoms with E-state index in [1.165, 1.54) is 0 Å². The van der Waals surface area contributed by atoms with Crippen molar-refractivity contribution < 1.29 is 19.4 Å². The average Bonchev–Trinajstić information content (AvgIpc) is 2.27. The summed E-state index contributed by atoms with van der Waals surface area (Å²) in [5.41, 5.74) is -0.175. The summed E-state index contributed by atoms with van der Waals surface area (Å²) in [6, 6.07) is 0. The molecular weight excluding hydrogens is 242 g/mol. The van der Waals surface area contributed by atoms with E-state index in [1.54, 1.807) is 19.9 Å². The Labute approximate surface area is 106 Å². The molecule has 0 aromatic heterocycles. The van der Waals surface area contributed by atoms with Crippen LogP contribution < -0.4 is 5.32 Å². The van der Waals surface area contributed by atoms with Gasteiger partial charge in [-0.1, -0.05) is 18.3 Å². The van der Waals surface area contributed by atoms with Gasteiger partial charge in [-0.2, -0.15) is 0 Å². The van der Waals surface area contributed by atoms with Crippen molar-refractivity contribution in [2.24, 2.45) is 0 Å². The lowest BCUT2D eigenvalue weighted by atomic mass is 10.3. The predicted molar refractivity (Wildman–Crippen MR) is 68.7 cm³/mol. The molecule has 0 unspecified atom stereocenters. The number of esters is 1. The molecule has 0 rings (SSSR count). The maximum absolute atomic E-state index is 11.6. The van der Waals surface area contributed by atoms with E-state index in [4.69, 9.17) is 21.7 Å². The molecular formula is C11H17NO4S. The number of carbonyl (C=O) groups excluding carboxylic acids is 1. The molecule has 0 aliphatic carbocycles. The second kappa shape index (κ2) is 8.58. The van der Waals surface area contributed by atoms with Gasteiger partial charge in [-0.3, -0.25) is 0 Å². The van der Waals surface area contributed by atoms with Crippen molar-refractivity contribution in [2.75, 3.05) is 19.8 Å². The van der Waals surface area contributed by atoms with E-state index >= 15 is 0 Å². The van der Waals surface area contributed by atoms with Crippen LogP contribution in [0.3, 0.4) is 0 Å². The van der Waals surface area contributed by atoms with Gasteiger partial charge in [0.25, 0.3) is 5.95 Å². The van der Waals surface area contributed by atoms with E-state index < -0.39 is 11.9 Å². The Morgan fingerprint density at radius 2 is 2.00 bits per heavy atom. The number of carbonyl (C=O) groups is 1. The Balaban J connectivity index is 4.96. The fourth-order valence-corrected chi connectivity index (χ4v) is 1.20. The fraction of sp³-hybridized carbons (Fsp3) is 0.455. The van der Waals surface area contributed by atoms with Crippen LogP contribution in [-0.2, 0) is 14.3 Å². The topological polar surface area (TPSA) is 67.8 Å². The number of aliphatic hydroxyl groups excluding tert-OH is 1. The van der Waals surface area contributed by atoms with E-state index in [0.717, 1.165) is 0 Å². The average molecular weight is 259 g/mol. The first kappa shape index (κ1) is 15.4. The van der Waals surface area contributed by atoms with Gasteiger partial charge >= 0.3 is 5.97 Å². The Hall–Kier alpha value is -1.56. The summed E-state index contributed by atoms with van der Waals surface area (Å²) in [5.74, 6) is -1.26. The Morgan fingerprint density at radius 1 is 1.41 bits per heavy atom. The summed E-state index contributed by atoms with van der Waals surface area (Å²) in [7, 11) is 0. The van der Waals surface area contributed by atoms with Crippen LogP contribution in [-0.4, -0.2) is 35.8 Å². The predicted octanol–water partition coefficient (Wildman–Crippen LogP) is 1.46. The molecule has 0 saturated heterocycles. The van der Waals surface area contributed by atoms with Crippen molar-refractivity contribution in [1.82, 2.24) is 5.32 Å². The van der Waals surface area contributed by atoms with Gasteiger partial charge in [0.1, 0.15) is 4.99 Å². The summed E-state index contributed by atoms with van der Waals surface area (Å²) >= 11 is 4.96. The first-order valence-corrected chi connectivity index (χ1v) is 5.61. The van der Waals surface area contributed by atoms with Gasteiger partial charge in [-0.15, -0.1) is 6.58 Å². The van der Waals surface area contributed by atoms with E-state index in [0.29, 0.717) is 6.54 Å². The lowest BCUT2D eigenvalue weighted by molar-refractivity contribution is -0.138. The minimum atomic E-state index is -0.722. The van der Waals surface area contributed by atoms with Crippen molar-refractivity contribution >= 4 is 23.2 Å². The summed E-state index contributed by atoms with van der Waals surface area (Å²) in [6.07, 6.45) is 1.58. The van der Waals surface area contributed by atoms with Crippen molar-refractivity contribution in [3.8, 4) is 0 Å². The van der Waals surface area contributed by atoms with E-state index in [-0.39, 0.29) is 23.8 Å². The Kier molecular flexibility index (Phi) is 7.79. The van der Waals surface area contributed by atoms with Crippen LogP contribution in [0.15, 0.2) is 24.2 Å². The summed E-state index contributed by atoms with van der Waals surface area (Å²) in [5, 5.41) is 12.3. The molecule has 0 amide bonds. The van der Waals surface area contributed by atoms with Crippen LogP contribution in [0.2, 0.25) is 0 Å². The number of nitrogens with one attached hydrogen (secondary N) is 1. The number of rotatable bonds is 7. The van der Waals surface area contributed by atoms with Crippen LogP contribution in [0.1, 0.15) is 13.8 Å². The van der Waals surface area contributed by atoms with Gasteiger partial charge in [-0.05, 0) is 13.8 Å². The number of ether oxygens (including phenoxy) is 2. The molecule has 0 aliphatic rings. The van der Waals surface area contributed by atoms with Crippen LogP contribution in [0.25, 0.3) is 0 Å². The van der Waals surface area contributed by atoms with Crippen LogP contribution >= 0.6 is 12.2 Å². The summed E-state index contributed by atoms with van der Waals surface area (Å²) < 4.78 is 9.64. The molecule has 0 bridgehead atoms. The molecule has 96 valence electrons. The minimum absolute atomic E-state index is 0.0642. The number of hydrogen-bond acceptors (Lipinski definition) is 5. The number of hydrogen-bond donors (Lipinski definition) is 2. The third-order valence-electron chi connectivity index (χ3n) is 1.61. The lowest BCUT2D eigenvalue weighted by Gasteiger charge is -2.11. The van der Waals surface area contributed by atoms with Gasteiger partial charge in [0.2, 0.25) is 0 Å². The Morgan fingerprint density at radius 3 is 2.47 bits per heavy atom. The second-order valence-corrected chi connectivity index (χ2v) is 3.24. The highest BCUT2D eigenvalue weighted by Gasteiger charge is 2.22. The molecule has 6 heteroatoms. The minimum Gasteiger partial charge on any atom is -0.480 e. The molecule has 0 aromatic rings. The first-order chi connectivity index (χ1) is 8.08. The van der Waals surface area contributed by atoms with Gasteiger partial charge in [0.15, 0.2) is 5.57 Å². The van der Waals surface area contributed by atoms with Crippen molar-refractivity contribution in [1.29, 1.82) is 0 Å². The van der Waals surface area contributed by atoms with Crippen molar-refractivity contribution in [3.63, 3.8) is 0 Å². The maximum Gasteiger partial charge on any atom is 0.348 e. The fourth-order valence-electron chi connectivity index (χ4n) is 0.943. The SMILES string of the molecule is C=CCNC(=S)/C(C(=O)OCC)=C(\O)OCC. The number of aliphatic hydroxyl groups is 1. The Bertz CT molecular complexity index is 325. The molecule has 5 nitrogen and oxygen atoms in total. The molecule has 17 heavy (non-hydrogen) atoms. The van der Waals surface area contributed by atoms with Gasteiger partial charge < -0.3 is 19.9 Å². The quantitative estimate of drug-likeness (QED) is 0.237. The van der Waals surface area contributed by atoms with Gasteiger partial charge in [-0.25, -0.2) is 4.79 Å². The third-order valence-corrected chi connectivity index (χ3v) is 1.96. The highest BCUT2D eigenvalue weighted by molar-refractivity contribution is 7.80. The van der Waals surface area contributed by atoms with E-state index in [1.807, 2.05) is 0 Å². The molecule has 0 saturated carbocycles. The van der Waals surface area contributed by atoms with Gasteiger partial charge in [0, 0.05) is 6.54 Å². The van der Waals surface area contributed by atoms with Crippen LogP contribution in [0.5, 0.6) is 0 Å². The van der Waals surface area contributed by atoms with Crippen LogP contribution in [0.4, 0.5) is 0 Å². The zero-order chi connectivity index (χ0) is 13.3. The molecule has 0 fully saturated rings. The number of thiocarbonyl (C=S) groups is 1. The lowest BCUT2D eigenvalue weighted by Crippen LogP contribution is -2.29. The van der Waals surface area contributed by atoms with Crippen molar-refractivity contribution in [3.05, 3.63) is 24.2 Å². The largest absolute Gasteiger partial charge is 0.480 e. The van der Waals surface area contributed by atoms with Crippen LogP contribution in [0, 0.1) is 0 Å². The van der Waals surface area contributed by atoms with E-state index in [2.05, 4.69) is 11.9 Å². The molecule has 0 spiro atoms. The maximum atomic E-state index is 11.6. The zero-order valence-corrected chi connectivity index (χ0v) is 10.8. The van der Waals surface area contributed by atoms with Crippen molar-refractivity contribution in [2.45, 2.75) is 13.8 Å². The standard InChI is InChI=1S/C11H17NO4S/c1-4-7-12-9(17)8(10(13)15-5-2)11(14)16-6-3/h4,13H,1,5-7H2,2-3H3,(H,12,17)/b10-8-. The highest BCUT2D eigenvalue weighted by Crippen LogP contribution is 2.08. The van der Waals surface area contributed by atoms with Gasteiger partial charge in [0.05, 0.1) is 13.2 Å². The highest BCUT2D eigenvalue weighted by atomic mass is 32.1. The third kappa shape index (κ3) is 5.35. The van der Waals surface area contributed by atoms with E-state index in [9.17, 15) is 9.90 Å². The summed E-state index contributed by atoms with van der Waals surface area (Å²) in [4.78, 5) is 11.7. The molecule has 2 N–H and O–H groups in total. The zero-order valence-electron chi connectivity index (χ0n) is 9.99. The first-order valence-electron chi connectivity index (χ1n) is 5.20. The second-order valence-electron chi connectivity index (χ2n) is 2.83. The molecule has 0 aromatic carbocycles.